The molecule has 0 amide bonds. The van der Waals surface area contributed by atoms with Gasteiger partial charge in [0, 0.05) is 38.2 Å². The molecule has 0 aromatic carbocycles. The van der Waals surface area contributed by atoms with Crippen molar-refractivity contribution in [3.63, 3.8) is 0 Å². The molecule has 2 aromatic heterocycles. The molecule has 8 heteroatoms. The molecule has 0 radical (unpaired) electrons. The van der Waals surface area contributed by atoms with Crippen molar-refractivity contribution in [3.8, 4) is 0 Å². The maximum Gasteiger partial charge on any atom is 0.225 e. The smallest absolute Gasteiger partial charge is 0.225 e. The third-order valence-electron chi connectivity index (χ3n) is 3.93. The number of aryl methyl sites for hydroxylation is 1. The quantitative estimate of drug-likeness (QED) is 0.738. The minimum Gasteiger partial charge on any atom is -0.377 e. The Kier molecular flexibility index (Phi) is 5.47. The van der Waals surface area contributed by atoms with E-state index in [0.717, 1.165) is 24.5 Å². The summed E-state index contributed by atoms with van der Waals surface area (Å²) in [5, 5.41) is 0. The molecule has 1 saturated heterocycles. The lowest BCUT2D eigenvalue weighted by Crippen LogP contribution is -2.56. The lowest BCUT2D eigenvalue weighted by molar-refractivity contribution is 0.104. The predicted octanol–water partition coefficient (Wildman–Crippen LogP) is 1.26. The Bertz CT molecular complexity index is 626. The van der Waals surface area contributed by atoms with Gasteiger partial charge in [-0.15, -0.1) is 0 Å². The van der Waals surface area contributed by atoms with Crippen LogP contribution in [-0.2, 0) is 4.74 Å². The van der Waals surface area contributed by atoms with Crippen LogP contribution in [0.1, 0.15) is 5.56 Å². The third kappa shape index (κ3) is 3.94. The lowest BCUT2D eigenvalue weighted by atomic mass is 10.1. The molecule has 1 unspecified atom stereocenters. The van der Waals surface area contributed by atoms with E-state index in [1.165, 1.54) is 6.33 Å². The van der Waals surface area contributed by atoms with E-state index in [2.05, 4.69) is 29.7 Å². The van der Waals surface area contributed by atoms with Crippen molar-refractivity contribution in [3.05, 3.63) is 36.5 Å². The molecular weight excluding hydrogens is 311 g/mol. The van der Waals surface area contributed by atoms with Crippen molar-refractivity contribution in [2.24, 2.45) is 0 Å². The number of piperazine rings is 1. The van der Waals surface area contributed by atoms with Gasteiger partial charge < -0.3 is 14.5 Å². The molecular formula is C16H21FN6O. The Balaban J connectivity index is 1.74. The first-order valence-corrected chi connectivity index (χ1v) is 7.98. The highest BCUT2D eigenvalue weighted by Crippen LogP contribution is 2.20. The van der Waals surface area contributed by atoms with Crippen LogP contribution in [0.5, 0.6) is 0 Å². The molecule has 2 aromatic rings. The van der Waals surface area contributed by atoms with Crippen LogP contribution in [0.2, 0.25) is 0 Å². The number of rotatable bonds is 6. The minimum atomic E-state index is -0.481. The van der Waals surface area contributed by atoms with Crippen LogP contribution in [0.4, 0.5) is 16.2 Å². The van der Waals surface area contributed by atoms with E-state index in [4.69, 9.17) is 4.74 Å². The van der Waals surface area contributed by atoms with Crippen molar-refractivity contribution in [2.75, 3.05) is 49.3 Å². The zero-order valence-corrected chi connectivity index (χ0v) is 13.7. The summed E-state index contributed by atoms with van der Waals surface area (Å²) in [7, 11) is 0. The zero-order chi connectivity index (χ0) is 16.8. The Labute approximate surface area is 140 Å². The molecule has 7 nitrogen and oxygen atoms in total. The van der Waals surface area contributed by atoms with Gasteiger partial charge in [0.05, 0.1) is 19.3 Å². The summed E-state index contributed by atoms with van der Waals surface area (Å²) in [5.74, 6) is 1.56. The van der Waals surface area contributed by atoms with Gasteiger partial charge in [-0.1, -0.05) is 0 Å². The summed E-state index contributed by atoms with van der Waals surface area (Å²) in [6.45, 7) is 4.25. The average molecular weight is 332 g/mol. The molecule has 24 heavy (non-hydrogen) atoms. The second kappa shape index (κ2) is 7.96. The van der Waals surface area contributed by atoms with Gasteiger partial charge in [0.15, 0.2) is 0 Å². The molecule has 0 N–H and O–H groups in total. The molecule has 1 atom stereocenters. The van der Waals surface area contributed by atoms with E-state index in [-0.39, 0.29) is 12.6 Å². The topological polar surface area (TPSA) is 67.3 Å². The van der Waals surface area contributed by atoms with E-state index >= 15 is 0 Å². The monoisotopic (exact) mass is 332 g/mol. The van der Waals surface area contributed by atoms with E-state index in [1.54, 1.807) is 6.20 Å². The first-order chi connectivity index (χ1) is 11.8. The largest absolute Gasteiger partial charge is 0.377 e. The molecule has 1 aliphatic heterocycles. The standard InChI is InChI=1S/C16H21FN6O/c1-13-8-19-16(20-9-13)22-5-6-23(15-2-4-18-12-21-15)14(10-22)11-24-7-3-17/h2,4,8-9,12,14H,3,5-7,10-11H2,1H3. The van der Waals surface area contributed by atoms with E-state index < -0.39 is 6.67 Å². The van der Waals surface area contributed by atoms with Crippen molar-refractivity contribution in [1.29, 1.82) is 0 Å². The number of nitrogens with zero attached hydrogens (tertiary/aromatic N) is 6. The lowest BCUT2D eigenvalue weighted by Gasteiger charge is -2.41. The molecule has 0 aliphatic carbocycles. The molecule has 1 fully saturated rings. The normalized spacial score (nSPS) is 18.0. The summed E-state index contributed by atoms with van der Waals surface area (Å²) < 4.78 is 17.8. The van der Waals surface area contributed by atoms with Crippen LogP contribution in [0.15, 0.2) is 31.0 Å². The van der Waals surface area contributed by atoms with Gasteiger partial charge >= 0.3 is 0 Å². The summed E-state index contributed by atoms with van der Waals surface area (Å²) in [4.78, 5) is 21.4. The van der Waals surface area contributed by atoms with Crippen molar-refractivity contribution < 1.29 is 9.13 Å². The van der Waals surface area contributed by atoms with Crippen molar-refractivity contribution >= 4 is 11.8 Å². The molecule has 3 rings (SSSR count). The highest BCUT2D eigenvalue weighted by Gasteiger charge is 2.29. The minimum absolute atomic E-state index is 0.0464. The number of hydrogen-bond acceptors (Lipinski definition) is 7. The maximum atomic E-state index is 12.4. The molecule has 1 aliphatic rings. The summed E-state index contributed by atoms with van der Waals surface area (Å²) >= 11 is 0. The molecule has 0 spiro atoms. The molecule has 128 valence electrons. The van der Waals surface area contributed by atoms with Gasteiger partial charge in [0.2, 0.25) is 5.95 Å². The predicted molar refractivity (Wildman–Crippen MR) is 88.9 cm³/mol. The van der Waals surface area contributed by atoms with Crippen LogP contribution < -0.4 is 9.80 Å². The SMILES string of the molecule is Cc1cnc(N2CCN(c3ccncn3)C(COCCF)C2)nc1. The third-order valence-corrected chi connectivity index (χ3v) is 3.93. The number of anilines is 2. The number of aromatic nitrogens is 4. The van der Waals surface area contributed by atoms with Gasteiger partial charge in [-0.3, -0.25) is 0 Å². The van der Waals surface area contributed by atoms with Gasteiger partial charge in [-0.25, -0.2) is 24.3 Å². The van der Waals surface area contributed by atoms with Gasteiger partial charge in [-0.2, -0.15) is 0 Å². The van der Waals surface area contributed by atoms with E-state index in [1.807, 2.05) is 25.4 Å². The number of hydrogen-bond donors (Lipinski definition) is 0. The highest BCUT2D eigenvalue weighted by atomic mass is 19.1. The van der Waals surface area contributed by atoms with Crippen LogP contribution >= 0.6 is 0 Å². The second-order valence-corrected chi connectivity index (χ2v) is 5.69. The number of halogens is 1. The number of alkyl halides is 1. The zero-order valence-electron chi connectivity index (χ0n) is 13.7. The maximum absolute atomic E-state index is 12.4. The van der Waals surface area contributed by atoms with Crippen LogP contribution in [0, 0.1) is 6.92 Å². The number of ether oxygens (including phenoxy) is 1. The second-order valence-electron chi connectivity index (χ2n) is 5.69. The summed E-state index contributed by atoms with van der Waals surface area (Å²) in [6, 6.07) is 1.92. The Hall–Kier alpha value is -2.35. The molecule has 3 heterocycles. The van der Waals surface area contributed by atoms with Crippen LogP contribution in [-0.4, -0.2) is 65.5 Å². The van der Waals surface area contributed by atoms with E-state index in [0.29, 0.717) is 19.1 Å². The summed E-state index contributed by atoms with van der Waals surface area (Å²) in [6.07, 6.45) is 6.88. The average Bonchev–Trinajstić information content (AvgIpc) is 2.63. The summed E-state index contributed by atoms with van der Waals surface area (Å²) in [5.41, 5.74) is 1.03. The van der Waals surface area contributed by atoms with Crippen molar-refractivity contribution in [1.82, 2.24) is 19.9 Å². The van der Waals surface area contributed by atoms with Gasteiger partial charge in [-0.05, 0) is 18.6 Å². The fraction of sp³-hybridized carbons (Fsp3) is 0.500. The van der Waals surface area contributed by atoms with Crippen LogP contribution in [0.3, 0.4) is 0 Å². The fourth-order valence-electron chi connectivity index (χ4n) is 2.76. The van der Waals surface area contributed by atoms with Crippen LogP contribution in [0.25, 0.3) is 0 Å². The van der Waals surface area contributed by atoms with Gasteiger partial charge in [0.1, 0.15) is 18.8 Å². The van der Waals surface area contributed by atoms with E-state index in [9.17, 15) is 4.39 Å². The Morgan fingerprint density at radius 3 is 2.79 bits per heavy atom. The Morgan fingerprint density at radius 2 is 2.08 bits per heavy atom. The first kappa shape index (κ1) is 16.5. The fourth-order valence-corrected chi connectivity index (χ4v) is 2.76. The molecule has 0 bridgehead atoms. The molecule has 0 saturated carbocycles. The Morgan fingerprint density at radius 1 is 1.25 bits per heavy atom. The van der Waals surface area contributed by atoms with Crippen molar-refractivity contribution in [2.45, 2.75) is 13.0 Å². The van der Waals surface area contributed by atoms with Gasteiger partial charge in [0.25, 0.3) is 0 Å². The first-order valence-electron chi connectivity index (χ1n) is 7.98. The highest BCUT2D eigenvalue weighted by molar-refractivity contribution is 5.43.